The van der Waals surface area contributed by atoms with Gasteiger partial charge in [-0.1, -0.05) is 24.6 Å². The third kappa shape index (κ3) is 3.84. The van der Waals surface area contributed by atoms with Crippen LogP contribution in [0.3, 0.4) is 0 Å². The highest BCUT2D eigenvalue weighted by Gasteiger charge is 2.17. The van der Waals surface area contributed by atoms with Crippen LogP contribution in [0.4, 0.5) is 5.82 Å². The number of aromatic nitrogens is 3. The van der Waals surface area contributed by atoms with Gasteiger partial charge in [0.05, 0.1) is 11.9 Å². The van der Waals surface area contributed by atoms with Gasteiger partial charge in [-0.15, -0.1) is 0 Å². The van der Waals surface area contributed by atoms with E-state index >= 15 is 0 Å². The molecule has 1 aromatic carbocycles. The number of aromatic amines is 1. The van der Waals surface area contributed by atoms with Gasteiger partial charge in [0.2, 0.25) is 0 Å². The molecule has 2 aromatic heterocycles. The monoisotopic (exact) mass is 381 g/mol. The summed E-state index contributed by atoms with van der Waals surface area (Å²) in [4.78, 5) is 17.4. The first-order chi connectivity index (χ1) is 13.1. The molecule has 3 aromatic rings. The molecule has 1 N–H and O–H groups in total. The number of benzene rings is 1. The van der Waals surface area contributed by atoms with Crippen LogP contribution in [0.15, 0.2) is 42.7 Å². The van der Waals surface area contributed by atoms with Crippen LogP contribution >= 0.6 is 11.6 Å². The van der Waals surface area contributed by atoms with Crippen LogP contribution in [0.25, 0.3) is 22.6 Å². The summed E-state index contributed by atoms with van der Waals surface area (Å²) in [6, 6.07) is 10.1. The summed E-state index contributed by atoms with van der Waals surface area (Å²) in [5.41, 5.74) is 4.18. The number of nitrogens with zero attached hydrogens (tertiary/aromatic N) is 4. The Morgan fingerprint density at radius 3 is 2.59 bits per heavy atom. The first-order valence-corrected chi connectivity index (χ1v) is 9.77. The minimum Gasteiger partial charge on any atom is -0.354 e. The molecular formula is C21H24ClN5. The number of H-pyrrole nitrogens is 1. The normalized spacial score (nSPS) is 15.3. The van der Waals surface area contributed by atoms with Crippen LogP contribution in [0.1, 0.15) is 12.5 Å². The Hall–Kier alpha value is -2.37. The zero-order chi connectivity index (χ0) is 18.8. The number of hydrogen-bond donors (Lipinski definition) is 1. The molecule has 0 atom stereocenters. The van der Waals surface area contributed by atoms with Crippen molar-refractivity contribution < 1.29 is 0 Å². The molecule has 0 aliphatic carbocycles. The average Bonchev–Trinajstić information content (AvgIpc) is 3.20. The van der Waals surface area contributed by atoms with Crippen molar-refractivity contribution in [1.29, 1.82) is 0 Å². The lowest BCUT2D eigenvalue weighted by atomic mass is 10.1. The Morgan fingerprint density at radius 2 is 1.85 bits per heavy atom. The fraction of sp³-hybridized carbons (Fsp3) is 0.333. The third-order valence-corrected chi connectivity index (χ3v) is 5.63. The van der Waals surface area contributed by atoms with Gasteiger partial charge in [-0.05, 0) is 48.9 Å². The summed E-state index contributed by atoms with van der Waals surface area (Å²) >= 11 is 6.14. The molecule has 6 heteroatoms. The number of imidazole rings is 1. The number of nitrogens with one attached hydrogen (secondary N) is 1. The van der Waals surface area contributed by atoms with Crippen molar-refractivity contribution in [3.05, 3.63) is 53.3 Å². The van der Waals surface area contributed by atoms with Gasteiger partial charge in [0.25, 0.3) is 0 Å². The second kappa shape index (κ2) is 7.71. The van der Waals surface area contributed by atoms with E-state index in [1.54, 1.807) is 0 Å². The Morgan fingerprint density at radius 1 is 1.04 bits per heavy atom. The molecular weight excluding hydrogens is 358 g/mol. The Kier molecular flexibility index (Phi) is 5.14. The molecule has 1 fully saturated rings. The zero-order valence-corrected chi connectivity index (χ0v) is 16.5. The quantitative estimate of drug-likeness (QED) is 0.734. The van der Waals surface area contributed by atoms with E-state index in [0.29, 0.717) is 0 Å². The summed E-state index contributed by atoms with van der Waals surface area (Å²) in [7, 11) is 0. The topological polar surface area (TPSA) is 48.0 Å². The van der Waals surface area contributed by atoms with E-state index in [9.17, 15) is 0 Å². The molecule has 0 radical (unpaired) electrons. The zero-order valence-electron chi connectivity index (χ0n) is 15.7. The minimum atomic E-state index is 0.778. The van der Waals surface area contributed by atoms with Gasteiger partial charge in [0.1, 0.15) is 11.6 Å². The summed E-state index contributed by atoms with van der Waals surface area (Å²) in [6.07, 6.45) is 3.74. The number of likely N-dealkylation sites (N-methyl/N-ethyl adjacent to an activating group) is 1. The van der Waals surface area contributed by atoms with Gasteiger partial charge < -0.3 is 14.8 Å². The highest BCUT2D eigenvalue weighted by atomic mass is 35.5. The molecule has 5 nitrogen and oxygen atoms in total. The smallest absolute Gasteiger partial charge is 0.137 e. The number of rotatable bonds is 4. The predicted molar refractivity (Wildman–Crippen MR) is 111 cm³/mol. The van der Waals surface area contributed by atoms with Gasteiger partial charge in [0, 0.05) is 43.0 Å². The average molecular weight is 382 g/mol. The standard InChI is InChI=1S/C21H24ClN5/c1-3-26-8-10-27(11-9-26)20-13-17(6-7-23-20)21-24-14-19(25-21)16-4-5-18(22)15(2)12-16/h4-7,12-14H,3,8-11H2,1-2H3,(H,24,25). The number of halogens is 1. The first kappa shape index (κ1) is 18.0. The van der Waals surface area contributed by atoms with E-state index in [0.717, 1.165) is 71.8 Å². The van der Waals surface area contributed by atoms with E-state index in [1.807, 2.05) is 37.5 Å². The van der Waals surface area contributed by atoms with Gasteiger partial charge in [-0.25, -0.2) is 9.97 Å². The maximum atomic E-state index is 6.14. The van der Waals surface area contributed by atoms with Crippen LogP contribution in [0.2, 0.25) is 5.02 Å². The first-order valence-electron chi connectivity index (χ1n) is 9.39. The fourth-order valence-corrected chi connectivity index (χ4v) is 3.58. The van der Waals surface area contributed by atoms with Gasteiger partial charge in [-0.3, -0.25) is 0 Å². The SMILES string of the molecule is CCN1CCN(c2cc(-c3ncc(-c4ccc(Cl)c(C)c4)[nH]3)ccn2)CC1. The Bertz CT molecular complexity index is 928. The lowest BCUT2D eigenvalue weighted by molar-refractivity contribution is 0.270. The van der Waals surface area contributed by atoms with Crippen molar-refractivity contribution in [2.75, 3.05) is 37.6 Å². The molecule has 3 heterocycles. The Balaban J connectivity index is 1.56. The number of anilines is 1. The number of piperazine rings is 1. The summed E-state index contributed by atoms with van der Waals surface area (Å²) in [5, 5.41) is 0.778. The Labute approximate surface area is 165 Å². The summed E-state index contributed by atoms with van der Waals surface area (Å²) < 4.78 is 0. The van der Waals surface area contributed by atoms with Crippen LogP contribution in [-0.2, 0) is 0 Å². The maximum Gasteiger partial charge on any atom is 0.137 e. The molecule has 0 spiro atoms. The van der Waals surface area contributed by atoms with E-state index in [1.165, 1.54) is 0 Å². The molecule has 0 bridgehead atoms. The second-order valence-corrected chi connectivity index (χ2v) is 7.34. The largest absolute Gasteiger partial charge is 0.354 e. The second-order valence-electron chi connectivity index (χ2n) is 6.93. The molecule has 0 amide bonds. The third-order valence-electron chi connectivity index (χ3n) is 5.21. The molecule has 0 saturated carbocycles. The summed E-state index contributed by atoms with van der Waals surface area (Å²) in [6.45, 7) is 9.53. The van der Waals surface area contributed by atoms with E-state index in [-0.39, 0.29) is 0 Å². The van der Waals surface area contributed by atoms with Crippen molar-refractivity contribution in [3.63, 3.8) is 0 Å². The van der Waals surface area contributed by atoms with Crippen LogP contribution in [0.5, 0.6) is 0 Å². The van der Waals surface area contributed by atoms with Crippen molar-refractivity contribution in [3.8, 4) is 22.6 Å². The van der Waals surface area contributed by atoms with E-state index in [2.05, 4.69) is 43.8 Å². The fourth-order valence-electron chi connectivity index (χ4n) is 3.46. The molecule has 0 unspecified atom stereocenters. The minimum absolute atomic E-state index is 0.778. The predicted octanol–water partition coefficient (Wildman–Crippen LogP) is 4.24. The van der Waals surface area contributed by atoms with Crippen LogP contribution < -0.4 is 4.90 Å². The van der Waals surface area contributed by atoms with E-state index in [4.69, 9.17) is 11.6 Å². The van der Waals surface area contributed by atoms with Crippen molar-refractivity contribution in [2.24, 2.45) is 0 Å². The molecule has 140 valence electrons. The van der Waals surface area contributed by atoms with Crippen molar-refractivity contribution in [2.45, 2.75) is 13.8 Å². The van der Waals surface area contributed by atoms with Gasteiger partial charge >= 0.3 is 0 Å². The number of pyridine rings is 1. The van der Waals surface area contributed by atoms with Gasteiger partial charge in [-0.2, -0.15) is 0 Å². The number of aryl methyl sites for hydroxylation is 1. The lowest BCUT2D eigenvalue weighted by Gasteiger charge is -2.34. The van der Waals surface area contributed by atoms with Crippen molar-refractivity contribution in [1.82, 2.24) is 19.9 Å². The van der Waals surface area contributed by atoms with E-state index < -0.39 is 0 Å². The van der Waals surface area contributed by atoms with Crippen LogP contribution in [-0.4, -0.2) is 52.6 Å². The maximum absolute atomic E-state index is 6.14. The highest BCUT2D eigenvalue weighted by molar-refractivity contribution is 6.31. The summed E-state index contributed by atoms with van der Waals surface area (Å²) in [5.74, 6) is 1.87. The van der Waals surface area contributed by atoms with Crippen LogP contribution in [0, 0.1) is 6.92 Å². The molecule has 1 aliphatic rings. The number of hydrogen-bond acceptors (Lipinski definition) is 4. The lowest BCUT2D eigenvalue weighted by Crippen LogP contribution is -2.46. The van der Waals surface area contributed by atoms with Gasteiger partial charge in [0.15, 0.2) is 0 Å². The molecule has 4 rings (SSSR count). The molecule has 1 saturated heterocycles. The van der Waals surface area contributed by atoms with Crippen molar-refractivity contribution >= 4 is 17.4 Å². The molecule has 27 heavy (non-hydrogen) atoms. The highest BCUT2D eigenvalue weighted by Crippen LogP contribution is 2.27. The molecule has 1 aliphatic heterocycles.